The second-order valence-corrected chi connectivity index (χ2v) is 4.23. The molecule has 1 N–H and O–H groups in total. The van der Waals surface area contributed by atoms with Crippen molar-refractivity contribution < 1.29 is 19.1 Å². The zero-order valence-electron chi connectivity index (χ0n) is 9.68. The van der Waals surface area contributed by atoms with Gasteiger partial charge in [0.15, 0.2) is 5.76 Å². The van der Waals surface area contributed by atoms with Crippen LogP contribution in [0.25, 0.3) is 0 Å². The van der Waals surface area contributed by atoms with Gasteiger partial charge in [0.25, 0.3) is 5.91 Å². The summed E-state index contributed by atoms with van der Waals surface area (Å²) in [6, 6.07) is 1.59. The molecule has 5 heteroatoms. The van der Waals surface area contributed by atoms with Gasteiger partial charge >= 0.3 is 5.97 Å². The Balaban J connectivity index is 2.13. The number of aromatic carboxylic acids is 1. The molecule has 0 atom stereocenters. The molecular formula is C12H15NO4. The lowest BCUT2D eigenvalue weighted by Gasteiger charge is -2.20. The van der Waals surface area contributed by atoms with Crippen molar-refractivity contribution in [1.29, 1.82) is 0 Å². The average molecular weight is 237 g/mol. The van der Waals surface area contributed by atoms with Crippen molar-refractivity contribution in [1.82, 2.24) is 4.90 Å². The second kappa shape index (κ2) is 4.61. The summed E-state index contributed by atoms with van der Waals surface area (Å²) in [6.07, 6.45) is 4.04. The van der Waals surface area contributed by atoms with E-state index >= 15 is 0 Å². The number of carboxylic acid groups (broad SMARTS) is 1. The zero-order chi connectivity index (χ0) is 12.4. The predicted octanol–water partition coefficient (Wildman–Crippen LogP) is 1.99. The minimum absolute atomic E-state index is 0.0144. The smallest absolute Gasteiger partial charge is 0.338 e. The van der Waals surface area contributed by atoms with E-state index in [9.17, 15) is 9.59 Å². The lowest BCUT2D eigenvalue weighted by atomic mass is 10.3. The fraction of sp³-hybridized carbons (Fsp3) is 0.500. The molecular weight excluding hydrogens is 222 g/mol. The van der Waals surface area contributed by atoms with Crippen molar-refractivity contribution in [3.05, 3.63) is 23.7 Å². The molecule has 1 amide bonds. The Kier molecular flexibility index (Phi) is 3.17. The quantitative estimate of drug-likeness (QED) is 0.850. The lowest BCUT2D eigenvalue weighted by Crippen LogP contribution is -2.33. The van der Waals surface area contributed by atoms with Crippen molar-refractivity contribution in [2.24, 2.45) is 0 Å². The highest BCUT2D eigenvalue weighted by molar-refractivity contribution is 5.95. The van der Waals surface area contributed by atoms with E-state index in [1.807, 2.05) is 6.92 Å². The van der Waals surface area contributed by atoms with E-state index < -0.39 is 5.97 Å². The number of hydrogen-bond acceptors (Lipinski definition) is 3. The van der Waals surface area contributed by atoms with Gasteiger partial charge in [0.1, 0.15) is 6.26 Å². The van der Waals surface area contributed by atoms with E-state index in [0.29, 0.717) is 12.6 Å². The molecule has 17 heavy (non-hydrogen) atoms. The molecule has 0 radical (unpaired) electrons. The molecule has 5 nitrogen and oxygen atoms in total. The van der Waals surface area contributed by atoms with Crippen LogP contribution in [0.4, 0.5) is 0 Å². The molecule has 0 aromatic carbocycles. The Hall–Kier alpha value is -1.78. The van der Waals surface area contributed by atoms with Crippen LogP contribution >= 0.6 is 0 Å². The van der Waals surface area contributed by atoms with Gasteiger partial charge in [0, 0.05) is 18.7 Å². The molecule has 92 valence electrons. The molecule has 0 saturated heterocycles. The Morgan fingerprint density at radius 1 is 1.53 bits per heavy atom. The normalized spacial score (nSPS) is 14.6. The summed E-state index contributed by atoms with van der Waals surface area (Å²) in [5.74, 6) is -1.18. The number of rotatable bonds is 5. The topological polar surface area (TPSA) is 70.8 Å². The molecule has 1 saturated carbocycles. The van der Waals surface area contributed by atoms with Crippen molar-refractivity contribution >= 4 is 11.9 Å². The van der Waals surface area contributed by atoms with Crippen molar-refractivity contribution in [2.45, 2.75) is 32.2 Å². The number of carbonyl (C=O) groups excluding carboxylic acids is 1. The number of nitrogens with zero attached hydrogens (tertiary/aromatic N) is 1. The molecule has 0 bridgehead atoms. The fourth-order valence-electron chi connectivity index (χ4n) is 1.78. The molecule has 1 aromatic heterocycles. The second-order valence-electron chi connectivity index (χ2n) is 4.23. The SMILES string of the molecule is CCCN(C(=O)c1cc(C(=O)O)co1)C1CC1. The van der Waals surface area contributed by atoms with Gasteiger partial charge in [-0.1, -0.05) is 6.92 Å². The summed E-state index contributed by atoms with van der Waals surface area (Å²) in [5, 5.41) is 8.76. The first-order chi connectivity index (χ1) is 8.13. The summed E-state index contributed by atoms with van der Waals surface area (Å²) in [4.78, 5) is 24.6. The maximum atomic E-state index is 12.1. The molecule has 0 unspecified atom stereocenters. The summed E-state index contributed by atoms with van der Waals surface area (Å²) in [6.45, 7) is 2.69. The lowest BCUT2D eigenvalue weighted by molar-refractivity contribution is 0.0692. The van der Waals surface area contributed by atoms with Crippen molar-refractivity contribution in [2.75, 3.05) is 6.54 Å². The van der Waals surface area contributed by atoms with Crippen LogP contribution < -0.4 is 0 Å². The number of carbonyl (C=O) groups is 2. The van der Waals surface area contributed by atoms with Crippen LogP contribution in [0.1, 0.15) is 47.1 Å². The summed E-state index contributed by atoms with van der Waals surface area (Å²) < 4.78 is 5.02. The van der Waals surface area contributed by atoms with Crippen LogP contribution in [-0.2, 0) is 0 Å². The summed E-state index contributed by atoms with van der Waals surface area (Å²) >= 11 is 0. The third kappa shape index (κ3) is 2.49. The molecule has 1 heterocycles. The van der Waals surface area contributed by atoms with Gasteiger partial charge in [0.05, 0.1) is 5.56 Å². The summed E-state index contributed by atoms with van der Waals surface area (Å²) in [7, 11) is 0. The largest absolute Gasteiger partial charge is 0.478 e. The van der Waals surface area contributed by atoms with Gasteiger partial charge in [-0.25, -0.2) is 4.79 Å². The maximum absolute atomic E-state index is 12.1. The first-order valence-electron chi connectivity index (χ1n) is 5.76. The molecule has 0 aliphatic heterocycles. The highest BCUT2D eigenvalue weighted by Gasteiger charge is 2.33. The summed E-state index contributed by atoms with van der Waals surface area (Å²) in [5.41, 5.74) is 0.0144. The zero-order valence-corrected chi connectivity index (χ0v) is 9.68. The van der Waals surface area contributed by atoms with Gasteiger partial charge < -0.3 is 14.4 Å². The number of carboxylic acids is 1. The van der Waals surface area contributed by atoms with Crippen LogP contribution in [0, 0.1) is 0 Å². The van der Waals surface area contributed by atoms with Crippen LogP contribution in [0.5, 0.6) is 0 Å². The van der Waals surface area contributed by atoms with E-state index in [-0.39, 0.29) is 17.2 Å². The van der Waals surface area contributed by atoms with E-state index in [4.69, 9.17) is 9.52 Å². The Labute approximate surface area is 99.0 Å². The van der Waals surface area contributed by atoms with Gasteiger partial charge in [0.2, 0.25) is 0 Å². The first kappa shape index (κ1) is 11.7. The highest BCUT2D eigenvalue weighted by Crippen LogP contribution is 2.28. The third-order valence-corrected chi connectivity index (χ3v) is 2.77. The number of amides is 1. The van der Waals surface area contributed by atoms with Gasteiger partial charge in [-0.3, -0.25) is 4.79 Å². The van der Waals surface area contributed by atoms with Gasteiger partial charge in [-0.15, -0.1) is 0 Å². The molecule has 1 fully saturated rings. The van der Waals surface area contributed by atoms with Crippen molar-refractivity contribution in [3.63, 3.8) is 0 Å². The number of furan rings is 1. The minimum Gasteiger partial charge on any atom is -0.478 e. The van der Waals surface area contributed by atoms with Crippen LogP contribution in [0.15, 0.2) is 16.7 Å². The van der Waals surface area contributed by atoms with Crippen LogP contribution in [0.3, 0.4) is 0 Å². The van der Waals surface area contributed by atoms with E-state index in [1.54, 1.807) is 4.90 Å². The van der Waals surface area contributed by atoms with Gasteiger partial charge in [-0.05, 0) is 19.3 Å². The number of hydrogen-bond donors (Lipinski definition) is 1. The van der Waals surface area contributed by atoms with Gasteiger partial charge in [-0.2, -0.15) is 0 Å². The van der Waals surface area contributed by atoms with Crippen LogP contribution in [-0.4, -0.2) is 34.5 Å². The molecule has 1 aromatic rings. The molecule has 1 aliphatic carbocycles. The monoisotopic (exact) mass is 237 g/mol. The first-order valence-corrected chi connectivity index (χ1v) is 5.76. The van der Waals surface area contributed by atoms with E-state index in [2.05, 4.69) is 0 Å². The maximum Gasteiger partial charge on any atom is 0.338 e. The predicted molar refractivity (Wildman–Crippen MR) is 60.0 cm³/mol. The molecule has 2 rings (SSSR count). The highest BCUT2D eigenvalue weighted by atomic mass is 16.4. The Morgan fingerprint density at radius 3 is 2.71 bits per heavy atom. The minimum atomic E-state index is -1.08. The van der Waals surface area contributed by atoms with Crippen LogP contribution in [0.2, 0.25) is 0 Å². The Bertz CT molecular complexity index is 433. The standard InChI is InChI=1S/C12H15NO4/c1-2-5-13(9-3-4-9)11(14)10-6-8(7-17-10)12(15)16/h6-7,9H,2-5H2,1H3,(H,15,16). The van der Waals surface area contributed by atoms with Crippen molar-refractivity contribution in [3.8, 4) is 0 Å². The molecule has 0 spiro atoms. The van der Waals surface area contributed by atoms with E-state index in [1.165, 1.54) is 6.07 Å². The fourth-order valence-corrected chi connectivity index (χ4v) is 1.78. The van der Waals surface area contributed by atoms with E-state index in [0.717, 1.165) is 25.5 Å². The average Bonchev–Trinajstić information content (AvgIpc) is 3.00. The Morgan fingerprint density at radius 2 is 2.24 bits per heavy atom. The molecule has 1 aliphatic rings. The third-order valence-electron chi connectivity index (χ3n) is 2.77.